The van der Waals surface area contributed by atoms with E-state index in [2.05, 4.69) is 101 Å². The summed E-state index contributed by atoms with van der Waals surface area (Å²) in [5, 5.41) is 12.3. The Balaban J connectivity index is 0.000000444. The number of rotatable bonds is 3. The van der Waals surface area contributed by atoms with E-state index in [1.54, 1.807) is 0 Å². The van der Waals surface area contributed by atoms with E-state index in [1.807, 2.05) is 6.20 Å². The van der Waals surface area contributed by atoms with Crippen LogP contribution in [0, 0.1) is 13.0 Å². The van der Waals surface area contributed by atoms with Crippen LogP contribution in [0.15, 0.2) is 72.6 Å². The van der Waals surface area contributed by atoms with Gasteiger partial charge in [0.15, 0.2) is 5.78 Å². The van der Waals surface area contributed by atoms with E-state index in [4.69, 9.17) is 10.1 Å². The first kappa shape index (κ1) is 29.7. The molecule has 0 bridgehead atoms. The van der Waals surface area contributed by atoms with Crippen molar-refractivity contribution in [1.29, 1.82) is 0 Å². The summed E-state index contributed by atoms with van der Waals surface area (Å²) in [7, 11) is -1.38. The quantitative estimate of drug-likeness (QED) is 0.103. The number of benzene rings is 3. The molecular formula is C33H36IrNO2Si-. The van der Waals surface area contributed by atoms with E-state index in [-0.39, 0.29) is 37.1 Å². The van der Waals surface area contributed by atoms with E-state index in [0.717, 1.165) is 16.6 Å². The van der Waals surface area contributed by atoms with Gasteiger partial charge in [0.05, 0.1) is 13.8 Å². The molecule has 0 saturated carbocycles. The third-order valence-electron chi connectivity index (χ3n) is 7.07. The predicted octanol–water partition coefficient (Wildman–Crippen LogP) is 7.90. The summed E-state index contributed by atoms with van der Waals surface area (Å²) in [6.07, 6.45) is 3.13. The average Bonchev–Trinajstić information content (AvgIpc) is 3.05. The van der Waals surface area contributed by atoms with E-state index in [1.165, 1.54) is 58.3 Å². The molecule has 0 aliphatic heterocycles. The molecule has 1 heterocycles. The first-order valence-electron chi connectivity index (χ1n) is 12.8. The summed E-state index contributed by atoms with van der Waals surface area (Å²) in [5.74, 6) is -0.0625. The van der Waals surface area contributed by atoms with E-state index < -0.39 is 8.07 Å². The van der Waals surface area contributed by atoms with Crippen LogP contribution in [0.5, 0.6) is 0 Å². The largest absolute Gasteiger partial charge is 0.512 e. The molecule has 4 aromatic rings. The molecular weight excluding hydrogens is 663 g/mol. The summed E-state index contributed by atoms with van der Waals surface area (Å²) in [6, 6.07) is 23.8. The van der Waals surface area contributed by atoms with Gasteiger partial charge in [-0.05, 0) is 42.2 Å². The SMILES string of the molecule is CC(=O)/C=C(/C)O.Cc1cc(-c2nccc3c2C(C)(C)c2cc([Si](C)(C)C)ccc2-3)[c-]c2ccccc12.[Ir]. The Labute approximate surface area is 241 Å². The molecule has 0 unspecified atom stereocenters. The smallest absolute Gasteiger partial charge is 0.155 e. The molecule has 199 valence electrons. The first-order valence-corrected chi connectivity index (χ1v) is 16.3. The summed E-state index contributed by atoms with van der Waals surface area (Å²) < 4.78 is 0. The maximum Gasteiger partial charge on any atom is 0.155 e. The number of ketones is 1. The van der Waals surface area contributed by atoms with Gasteiger partial charge in [-0.1, -0.05) is 92.9 Å². The molecule has 0 saturated heterocycles. The van der Waals surface area contributed by atoms with Crippen LogP contribution in [0.1, 0.15) is 44.4 Å². The van der Waals surface area contributed by atoms with E-state index >= 15 is 0 Å². The molecule has 1 N–H and O–H groups in total. The number of carbonyl (C=O) groups excluding carboxylic acids is 1. The van der Waals surface area contributed by atoms with Crippen molar-refractivity contribution in [2.24, 2.45) is 0 Å². The molecule has 5 heteroatoms. The second-order valence-corrected chi connectivity index (χ2v) is 16.6. The van der Waals surface area contributed by atoms with Gasteiger partial charge in [-0.3, -0.25) is 9.78 Å². The summed E-state index contributed by atoms with van der Waals surface area (Å²) in [5.41, 5.74) is 8.79. The van der Waals surface area contributed by atoms with Crippen molar-refractivity contribution in [3.63, 3.8) is 0 Å². The Hall–Kier alpha value is -2.85. The van der Waals surface area contributed by atoms with Crippen LogP contribution in [-0.2, 0) is 30.3 Å². The van der Waals surface area contributed by atoms with Crippen molar-refractivity contribution < 1.29 is 30.0 Å². The fourth-order valence-electron chi connectivity index (χ4n) is 5.25. The molecule has 1 aliphatic carbocycles. The minimum Gasteiger partial charge on any atom is -0.512 e. The number of aliphatic hydroxyl groups excluding tert-OH is 1. The number of aryl methyl sites for hydroxylation is 1. The third kappa shape index (κ3) is 5.76. The minimum atomic E-state index is -1.38. The second kappa shape index (κ2) is 11.1. The number of aliphatic hydroxyl groups is 1. The topological polar surface area (TPSA) is 50.2 Å². The van der Waals surface area contributed by atoms with Gasteiger partial charge in [-0.25, -0.2) is 0 Å². The van der Waals surface area contributed by atoms with E-state index in [0.29, 0.717) is 0 Å². The number of nitrogens with zero attached hydrogens (tertiary/aromatic N) is 1. The Morgan fingerprint density at radius 3 is 2.29 bits per heavy atom. The van der Waals surface area contributed by atoms with Crippen LogP contribution < -0.4 is 5.19 Å². The molecule has 1 aliphatic rings. The van der Waals surface area contributed by atoms with Gasteiger partial charge >= 0.3 is 0 Å². The normalized spacial score (nSPS) is 13.6. The molecule has 38 heavy (non-hydrogen) atoms. The van der Waals surface area contributed by atoms with Crippen LogP contribution in [0.3, 0.4) is 0 Å². The minimum absolute atomic E-state index is 0. The molecule has 3 nitrogen and oxygen atoms in total. The Kier molecular flexibility index (Phi) is 8.67. The fourth-order valence-corrected chi connectivity index (χ4v) is 6.41. The van der Waals surface area contributed by atoms with E-state index in [9.17, 15) is 4.79 Å². The van der Waals surface area contributed by atoms with Crippen LogP contribution in [0.2, 0.25) is 19.6 Å². The summed E-state index contributed by atoms with van der Waals surface area (Å²) >= 11 is 0. The van der Waals surface area contributed by atoms with Crippen LogP contribution in [0.25, 0.3) is 33.2 Å². The molecule has 5 rings (SSSR count). The first-order chi connectivity index (χ1) is 17.3. The monoisotopic (exact) mass is 699 g/mol. The van der Waals surface area contributed by atoms with Gasteiger partial charge in [0, 0.05) is 43.5 Å². The Morgan fingerprint density at radius 1 is 1.00 bits per heavy atom. The van der Waals surface area contributed by atoms with Crippen molar-refractivity contribution in [2.75, 3.05) is 0 Å². The predicted molar refractivity (Wildman–Crippen MR) is 158 cm³/mol. The Morgan fingerprint density at radius 2 is 1.68 bits per heavy atom. The van der Waals surface area contributed by atoms with Gasteiger partial charge < -0.3 is 5.11 Å². The van der Waals surface area contributed by atoms with Crippen molar-refractivity contribution in [1.82, 2.24) is 4.98 Å². The maximum absolute atomic E-state index is 10.0. The number of hydrogen-bond donors (Lipinski definition) is 1. The van der Waals surface area contributed by atoms with Crippen LogP contribution in [0.4, 0.5) is 0 Å². The average molecular weight is 699 g/mol. The number of pyridine rings is 1. The van der Waals surface area contributed by atoms with Crippen molar-refractivity contribution >= 4 is 29.8 Å². The zero-order valence-corrected chi connectivity index (χ0v) is 26.9. The maximum atomic E-state index is 10.0. The number of carbonyl (C=O) groups is 1. The van der Waals surface area contributed by atoms with Gasteiger partial charge in [0.1, 0.15) is 0 Å². The molecule has 0 amide bonds. The molecule has 1 aromatic heterocycles. The third-order valence-corrected chi connectivity index (χ3v) is 9.12. The summed E-state index contributed by atoms with van der Waals surface area (Å²) in [4.78, 5) is 14.9. The zero-order valence-electron chi connectivity index (χ0n) is 23.5. The van der Waals surface area contributed by atoms with Crippen LogP contribution in [-0.4, -0.2) is 23.9 Å². The molecule has 0 fully saturated rings. The van der Waals surface area contributed by atoms with Crippen molar-refractivity contribution in [2.45, 2.75) is 59.7 Å². The summed E-state index contributed by atoms with van der Waals surface area (Å²) in [6.45, 7) is 17.0. The molecule has 0 atom stereocenters. The number of allylic oxidation sites excluding steroid dienone is 2. The standard InChI is InChI=1S/C28H28NSi.C5H8O2.Ir/c1-18-15-20(16-19-9-7-8-10-22(18)19)27-26-24(13-14-29-27)23-12-11-21(30(4,5)6)17-25(23)28(26,2)3;1-4(6)3-5(2)7;/h7-15,17H,1-6H3;3,6H,1-2H3;/q-1;;/b;4-3-;. The molecule has 0 spiro atoms. The molecule has 3 aromatic carbocycles. The van der Waals surface area contributed by atoms with Gasteiger partial charge in [0.2, 0.25) is 0 Å². The van der Waals surface area contributed by atoms with Gasteiger partial charge in [-0.2, -0.15) is 0 Å². The number of hydrogen-bond acceptors (Lipinski definition) is 3. The zero-order chi connectivity index (χ0) is 27.1. The molecule has 1 radical (unpaired) electrons. The van der Waals surface area contributed by atoms with Gasteiger partial charge in [0.25, 0.3) is 0 Å². The fraction of sp³-hybridized carbons (Fsp3) is 0.273. The van der Waals surface area contributed by atoms with Crippen molar-refractivity contribution in [3.8, 4) is 22.4 Å². The van der Waals surface area contributed by atoms with Gasteiger partial charge in [-0.15, -0.1) is 29.1 Å². The number of aromatic nitrogens is 1. The second-order valence-electron chi connectivity index (χ2n) is 11.5. The van der Waals surface area contributed by atoms with Crippen molar-refractivity contribution in [3.05, 3.63) is 95.4 Å². The van der Waals surface area contributed by atoms with Crippen LogP contribution >= 0.6 is 0 Å². The number of fused-ring (bicyclic) bond motifs is 4. The Bertz CT molecular complexity index is 1540.